The zero-order chi connectivity index (χ0) is 26.9. The molecule has 0 unspecified atom stereocenters. The van der Waals surface area contributed by atoms with Gasteiger partial charge in [-0.05, 0) is 59.7 Å². The van der Waals surface area contributed by atoms with Gasteiger partial charge < -0.3 is 0 Å². The van der Waals surface area contributed by atoms with Gasteiger partial charge in [-0.25, -0.2) is 0 Å². The molecule has 0 saturated carbocycles. The second-order valence-electron chi connectivity index (χ2n) is 9.79. The van der Waals surface area contributed by atoms with E-state index in [1.807, 2.05) is 103 Å². The van der Waals surface area contributed by atoms with Crippen LogP contribution in [0, 0.1) is 0 Å². The molecule has 0 radical (unpaired) electrons. The molecule has 4 heteroatoms. The topological polar surface area (TPSA) is 23.6 Å². The summed E-state index contributed by atoms with van der Waals surface area (Å²) < 4.78 is 20.5. The number of nitrogens with zero attached hydrogens (tertiary/aromatic N) is 2. The summed E-state index contributed by atoms with van der Waals surface area (Å²) in [7, 11) is -3.58. The average molecular weight is 535 g/mol. The summed E-state index contributed by atoms with van der Waals surface area (Å²) in [5.41, 5.74) is 7.87. The summed E-state index contributed by atoms with van der Waals surface area (Å²) in [6.07, 6.45) is 0. The van der Waals surface area contributed by atoms with Gasteiger partial charge in [0.05, 0.1) is 16.7 Å². The largest absolute Gasteiger partial charge is 0.301 e. The van der Waals surface area contributed by atoms with Gasteiger partial charge >= 0.3 is 7.44 Å². The highest BCUT2D eigenvalue weighted by atomic mass is 31.2. The van der Waals surface area contributed by atoms with E-state index in [1.165, 1.54) is 0 Å². The molecule has 0 saturated heterocycles. The quantitative estimate of drug-likeness (QED) is 0.210. The number of hydrogen-bond acceptors (Lipinski definition) is 1. The van der Waals surface area contributed by atoms with Crippen molar-refractivity contribution in [2.45, 2.75) is 0 Å². The van der Waals surface area contributed by atoms with Crippen molar-refractivity contribution in [3.63, 3.8) is 0 Å². The molecule has 0 aliphatic carbocycles. The Bertz CT molecular complexity index is 1730. The molecular formula is C36H27N2OP. The van der Waals surface area contributed by atoms with Crippen molar-refractivity contribution >= 4 is 35.5 Å². The number of anilines is 4. The zero-order valence-electron chi connectivity index (χ0n) is 21.8. The van der Waals surface area contributed by atoms with Crippen molar-refractivity contribution in [1.29, 1.82) is 0 Å². The van der Waals surface area contributed by atoms with Crippen molar-refractivity contribution in [1.82, 2.24) is 0 Å². The Labute approximate surface area is 235 Å². The van der Waals surface area contributed by atoms with E-state index in [0.29, 0.717) is 0 Å². The van der Waals surface area contributed by atoms with Crippen LogP contribution in [0.3, 0.4) is 0 Å². The normalized spacial score (nSPS) is 13.7. The van der Waals surface area contributed by atoms with Crippen molar-refractivity contribution in [3.05, 3.63) is 164 Å². The molecule has 7 rings (SSSR count). The fourth-order valence-corrected chi connectivity index (χ4v) is 8.60. The molecule has 6 aromatic rings. The van der Waals surface area contributed by atoms with Crippen LogP contribution < -0.4 is 14.6 Å². The van der Waals surface area contributed by atoms with E-state index in [4.69, 9.17) is 0 Å². The van der Waals surface area contributed by atoms with Crippen molar-refractivity contribution in [2.75, 3.05) is 9.34 Å². The molecule has 3 nitrogen and oxygen atoms in total. The van der Waals surface area contributed by atoms with E-state index >= 15 is 4.57 Å². The highest BCUT2D eigenvalue weighted by Crippen LogP contribution is 2.66. The molecule has 0 fully saturated rings. The molecule has 1 aliphatic heterocycles. The Morgan fingerprint density at radius 2 is 0.750 bits per heavy atom. The first-order valence-corrected chi connectivity index (χ1v) is 15.0. The maximum absolute atomic E-state index is 16.3. The van der Waals surface area contributed by atoms with Crippen molar-refractivity contribution < 1.29 is 4.57 Å². The van der Waals surface area contributed by atoms with E-state index in [1.54, 1.807) is 0 Å². The summed E-state index contributed by atoms with van der Waals surface area (Å²) in [6, 6.07) is 55.3. The molecule has 0 atom stereocenters. The second-order valence-corrected chi connectivity index (χ2v) is 12.2. The van der Waals surface area contributed by atoms with Crippen LogP contribution in [0.1, 0.15) is 0 Å². The maximum Gasteiger partial charge on any atom is 0.301 e. The summed E-state index contributed by atoms with van der Waals surface area (Å²) in [4.78, 5) is 0. The van der Waals surface area contributed by atoms with Gasteiger partial charge in [-0.1, -0.05) is 115 Å². The van der Waals surface area contributed by atoms with E-state index < -0.39 is 7.44 Å². The van der Waals surface area contributed by atoms with Crippen molar-refractivity contribution in [3.8, 4) is 22.3 Å². The summed E-state index contributed by atoms with van der Waals surface area (Å²) in [5.74, 6) is 0. The minimum absolute atomic E-state index is 0.756. The van der Waals surface area contributed by atoms with E-state index in [-0.39, 0.29) is 0 Å². The molecule has 40 heavy (non-hydrogen) atoms. The van der Waals surface area contributed by atoms with Gasteiger partial charge in [0.1, 0.15) is 0 Å². The predicted octanol–water partition coefficient (Wildman–Crippen LogP) is 9.83. The van der Waals surface area contributed by atoms with Gasteiger partial charge in [0, 0.05) is 22.5 Å². The first-order chi connectivity index (χ1) is 19.7. The number of benzene rings is 6. The highest BCUT2D eigenvalue weighted by Gasteiger charge is 2.45. The summed E-state index contributed by atoms with van der Waals surface area (Å²) in [5, 5.41) is 0.756. The fourth-order valence-electron chi connectivity index (χ4n) is 5.59. The maximum atomic E-state index is 16.3. The first-order valence-electron chi connectivity index (χ1n) is 13.4. The lowest BCUT2D eigenvalue weighted by molar-refractivity contribution is 0.581. The molecule has 1 aliphatic rings. The van der Waals surface area contributed by atoms with Crippen LogP contribution in [0.4, 0.5) is 22.7 Å². The number of hydrogen-bond donors (Lipinski definition) is 0. The summed E-state index contributed by atoms with van der Waals surface area (Å²) >= 11 is 0. The Kier molecular flexibility index (Phi) is 6.07. The fraction of sp³-hybridized carbons (Fsp3) is 0. The van der Waals surface area contributed by atoms with Crippen LogP contribution >= 0.6 is 7.44 Å². The Hall–Kier alpha value is -4.85. The highest BCUT2D eigenvalue weighted by molar-refractivity contribution is 7.75. The lowest BCUT2D eigenvalue weighted by Crippen LogP contribution is -2.32. The third kappa shape index (κ3) is 3.95. The number of para-hydroxylation sites is 4. The smallest absolute Gasteiger partial charge is 0.271 e. The number of fused-ring (bicyclic) bond motifs is 3. The van der Waals surface area contributed by atoms with Crippen molar-refractivity contribution in [2.24, 2.45) is 0 Å². The predicted molar refractivity (Wildman–Crippen MR) is 168 cm³/mol. The molecule has 192 valence electrons. The van der Waals surface area contributed by atoms with Crippen LogP contribution in [-0.2, 0) is 4.57 Å². The van der Waals surface area contributed by atoms with Gasteiger partial charge in [-0.3, -0.25) is 13.9 Å². The summed E-state index contributed by atoms with van der Waals surface area (Å²) in [6.45, 7) is 0. The minimum Gasteiger partial charge on any atom is -0.271 e. The van der Waals surface area contributed by atoms with Gasteiger partial charge in [0.15, 0.2) is 0 Å². The Morgan fingerprint density at radius 1 is 0.375 bits per heavy atom. The number of rotatable bonds is 4. The van der Waals surface area contributed by atoms with E-state index in [2.05, 4.69) is 70.0 Å². The lowest BCUT2D eigenvalue weighted by atomic mass is 10.0. The SMILES string of the molecule is O=P1(c2ccc(-c3ccccc3)cc2)N(c2ccccc2)c2ccccc2-c2ccccc2N1c1ccccc1. The molecule has 0 amide bonds. The van der Waals surface area contributed by atoms with Crippen LogP contribution in [0.25, 0.3) is 22.3 Å². The Balaban J connectivity index is 1.57. The molecular weight excluding hydrogens is 507 g/mol. The lowest BCUT2D eigenvalue weighted by Gasteiger charge is -2.40. The monoisotopic (exact) mass is 534 g/mol. The van der Waals surface area contributed by atoms with E-state index in [9.17, 15) is 0 Å². The van der Waals surface area contributed by atoms with Gasteiger partial charge in [0.25, 0.3) is 0 Å². The molecule has 0 aromatic heterocycles. The third-order valence-electron chi connectivity index (χ3n) is 7.41. The van der Waals surface area contributed by atoms with Crippen LogP contribution in [-0.4, -0.2) is 0 Å². The van der Waals surface area contributed by atoms with Gasteiger partial charge in [0.2, 0.25) is 0 Å². The van der Waals surface area contributed by atoms with Crippen LogP contribution in [0.5, 0.6) is 0 Å². The minimum atomic E-state index is -3.58. The van der Waals surface area contributed by atoms with Crippen LogP contribution in [0.15, 0.2) is 164 Å². The Morgan fingerprint density at radius 3 is 1.23 bits per heavy atom. The third-order valence-corrected chi connectivity index (χ3v) is 10.4. The second kappa shape index (κ2) is 10.0. The average Bonchev–Trinajstić information content (AvgIpc) is 3.13. The first kappa shape index (κ1) is 24.2. The molecule has 1 heterocycles. The van der Waals surface area contributed by atoms with Crippen LogP contribution in [0.2, 0.25) is 0 Å². The molecule has 0 bridgehead atoms. The molecule has 0 N–H and O–H groups in total. The van der Waals surface area contributed by atoms with Gasteiger partial charge in [-0.15, -0.1) is 0 Å². The van der Waals surface area contributed by atoms with E-state index in [0.717, 1.165) is 50.3 Å². The zero-order valence-corrected chi connectivity index (χ0v) is 22.7. The molecule has 6 aromatic carbocycles. The standard InChI is InChI=1S/C36H27N2OP/c39-40(32-26-24-29(25-27-32)28-14-4-1-5-15-28)37(30-16-6-2-7-17-30)35-22-12-10-20-33(35)34-21-11-13-23-36(34)38(40)31-18-8-3-9-19-31/h1-27H. The van der Waals surface area contributed by atoms with Gasteiger partial charge in [-0.2, -0.15) is 0 Å². The molecule has 0 spiro atoms.